The molecule has 1 aromatic rings. The molecule has 1 aromatic carbocycles. The normalized spacial score (nSPS) is 17.0. The van der Waals surface area contributed by atoms with E-state index in [2.05, 4.69) is 12.2 Å². The largest absolute Gasteiger partial charge is 0.340 e. The molecule has 0 aliphatic carbocycles. The van der Waals surface area contributed by atoms with Gasteiger partial charge in [0.05, 0.1) is 4.90 Å². The van der Waals surface area contributed by atoms with Gasteiger partial charge in [-0.2, -0.15) is 4.31 Å². The number of rotatable bonds is 6. The van der Waals surface area contributed by atoms with Gasteiger partial charge in [0.2, 0.25) is 10.0 Å². The highest BCUT2D eigenvalue weighted by atomic mass is 32.2. The van der Waals surface area contributed by atoms with Crippen molar-refractivity contribution < 1.29 is 13.2 Å². The average Bonchev–Trinajstić information content (AvgIpc) is 2.59. The summed E-state index contributed by atoms with van der Waals surface area (Å²) >= 11 is 0. The van der Waals surface area contributed by atoms with Crippen LogP contribution < -0.4 is 5.32 Å². The van der Waals surface area contributed by atoms with Gasteiger partial charge in [-0.05, 0) is 50.1 Å². The predicted octanol–water partition coefficient (Wildman–Crippen LogP) is 1.40. The zero-order valence-corrected chi connectivity index (χ0v) is 15.5. The summed E-state index contributed by atoms with van der Waals surface area (Å²) in [4.78, 5) is 14.2. The van der Waals surface area contributed by atoms with Crippen LogP contribution in [0.15, 0.2) is 29.2 Å². The fourth-order valence-corrected chi connectivity index (χ4v) is 4.21. The maximum absolute atomic E-state index is 12.7. The third-order valence-electron chi connectivity index (χ3n) is 4.53. The Hall–Kier alpha value is -1.44. The molecule has 0 saturated carbocycles. The molecule has 24 heavy (non-hydrogen) atoms. The molecule has 134 valence electrons. The summed E-state index contributed by atoms with van der Waals surface area (Å²) in [5.74, 6) is 0.464. The number of carbonyl (C=O) groups is 1. The van der Waals surface area contributed by atoms with E-state index in [0.717, 1.165) is 12.8 Å². The molecule has 7 heteroatoms. The highest BCUT2D eigenvalue weighted by Gasteiger charge is 2.28. The summed E-state index contributed by atoms with van der Waals surface area (Å²) in [5.41, 5.74) is 0.500. The van der Waals surface area contributed by atoms with Gasteiger partial charge in [-0.3, -0.25) is 4.79 Å². The molecule has 1 aliphatic heterocycles. The molecule has 1 fully saturated rings. The first-order valence-corrected chi connectivity index (χ1v) is 9.80. The van der Waals surface area contributed by atoms with Crippen LogP contribution in [0.4, 0.5) is 0 Å². The van der Waals surface area contributed by atoms with Crippen LogP contribution in [-0.4, -0.2) is 63.8 Å². The number of carbonyl (C=O) groups excluding carboxylic acids is 1. The SMILES string of the molecule is CNCCN(C)C(=O)c1ccc(S(=O)(=O)N2CCC(C)CC2)cc1. The van der Waals surface area contributed by atoms with Crippen molar-refractivity contribution in [2.45, 2.75) is 24.7 Å². The maximum atomic E-state index is 12.7. The van der Waals surface area contributed by atoms with Crippen molar-refractivity contribution in [1.29, 1.82) is 0 Å². The molecule has 6 nitrogen and oxygen atoms in total. The Morgan fingerprint density at radius 3 is 2.38 bits per heavy atom. The molecule has 0 spiro atoms. The lowest BCUT2D eigenvalue weighted by molar-refractivity contribution is 0.0796. The van der Waals surface area contributed by atoms with E-state index in [4.69, 9.17) is 0 Å². The molecule has 0 aromatic heterocycles. The van der Waals surface area contributed by atoms with Gasteiger partial charge in [-0.15, -0.1) is 0 Å². The van der Waals surface area contributed by atoms with E-state index in [-0.39, 0.29) is 10.8 Å². The van der Waals surface area contributed by atoms with Crippen molar-refractivity contribution in [3.05, 3.63) is 29.8 Å². The predicted molar refractivity (Wildman–Crippen MR) is 94.5 cm³/mol. The molecule has 1 amide bonds. The number of hydrogen-bond acceptors (Lipinski definition) is 4. The first kappa shape index (κ1) is 18.9. The lowest BCUT2D eigenvalue weighted by atomic mass is 10.0. The number of benzene rings is 1. The molecule has 1 heterocycles. The van der Waals surface area contributed by atoms with Crippen LogP contribution >= 0.6 is 0 Å². The average molecular weight is 353 g/mol. The number of piperidine rings is 1. The fourth-order valence-electron chi connectivity index (χ4n) is 2.75. The van der Waals surface area contributed by atoms with Gasteiger partial charge in [0.15, 0.2) is 0 Å². The minimum atomic E-state index is -3.46. The Kier molecular flexibility index (Phi) is 6.37. The second-order valence-corrected chi connectivity index (χ2v) is 8.38. The molecular formula is C17H27N3O3S. The Labute approximate surface area is 144 Å². The minimum Gasteiger partial charge on any atom is -0.340 e. The van der Waals surface area contributed by atoms with Gasteiger partial charge >= 0.3 is 0 Å². The van der Waals surface area contributed by atoms with E-state index in [1.165, 1.54) is 12.1 Å². The standard InChI is InChI=1S/C17H27N3O3S/c1-14-8-11-20(12-9-14)24(22,23)16-6-4-15(5-7-16)17(21)19(3)13-10-18-2/h4-7,14,18H,8-13H2,1-3H3. The van der Waals surface area contributed by atoms with Crippen LogP contribution in [0.2, 0.25) is 0 Å². The van der Waals surface area contributed by atoms with Crippen LogP contribution in [-0.2, 0) is 10.0 Å². The van der Waals surface area contributed by atoms with Gasteiger partial charge < -0.3 is 10.2 Å². The highest BCUT2D eigenvalue weighted by molar-refractivity contribution is 7.89. The van der Waals surface area contributed by atoms with Gasteiger partial charge in [0.1, 0.15) is 0 Å². The van der Waals surface area contributed by atoms with Crippen LogP contribution in [0, 0.1) is 5.92 Å². The number of hydrogen-bond donors (Lipinski definition) is 1. The third-order valence-corrected chi connectivity index (χ3v) is 6.44. The number of nitrogens with one attached hydrogen (secondary N) is 1. The zero-order chi connectivity index (χ0) is 17.7. The van der Waals surface area contributed by atoms with Crippen LogP contribution in [0.1, 0.15) is 30.1 Å². The van der Waals surface area contributed by atoms with E-state index in [1.54, 1.807) is 28.4 Å². The van der Waals surface area contributed by atoms with E-state index >= 15 is 0 Å². The summed E-state index contributed by atoms with van der Waals surface area (Å²) in [5, 5.41) is 2.99. The molecule has 0 unspecified atom stereocenters. The highest BCUT2D eigenvalue weighted by Crippen LogP contribution is 2.23. The molecule has 0 atom stereocenters. The van der Waals surface area contributed by atoms with Gasteiger partial charge in [-0.1, -0.05) is 6.92 Å². The smallest absolute Gasteiger partial charge is 0.253 e. The first-order chi connectivity index (χ1) is 11.4. The van der Waals surface area contributed by atoms with E-state index in [0.29, 0.717) is 37.7 Å². The number of nitrogens with zero attached hydrogens (tertiary/aromatic N) is 2. The van der Waals surface area contributed by atoms with Gasteiger partial charge in [-0.25, -0.2) is 8.42 Å². The minimum absolute atomic E-state index is 0.110. The summed E-state index contributed by atoms with van der Waals surface area (Å²) in [6.45, 7) is 4.59. The van der Waals surface area contributed by atoms with Gasteiger partial charge in [0.25, 0.3) is 5.91 Å². The van der Waals surface area contributed by atoms with Crippen molar-refractivity contribution >= 4 is 15.9 Å². The van der Waals surface area contributed by atoms with Gasteiger partial charge in [0, 0.05) is 38.8 Å². The first-order valence-electron chi connectivity index (χ1n) is 8.36. The van der Waals surface area contributed by atoms with Crippen LogP contribution in [0.25, 0.3) is 0 Å². The molecule has 0 bridgehead atoms. The quantitative estimate of drug-likeness (QED) is 0.839. The second-order valence-electron chi connectivity index (χ2n) is 6.44. The molecule has 0 radical (unpaired) electrons. The number of likely N-dealkylation sites (N-methyl/N-ethyl adjacent to an activating group) is 2. The second kappa shape index (κ2) is 8.09. The summed E-state index contributed by atoms with van der Waals surface area (Å²) in [6.07, 6.45) is 1.79. The lowest BCUT2D eigenvalue weighted by Crippen LogP contribution is -2.37. The Bertz CT molecular complexity index is 650. The molecular weight excluding hydrogens is 326 g/mol. The summed E-state index contributed by atoms with van der Waals surface area (Å²) < 4.78 is 26.9. The van der Waals surface area contributed by atoms with Crippen LogP contribution in [0.3, 0.4) is 0 Å². The fraction of sp³-hybridized carbons (Fsp3) is 0.588. The Balaban J connectivity index is 2.09. The maximum Gasteiger partial charge on any atom is 0.253 e. The topological polar surface area (TPSA) is 69.7 Å². The van der Waals surface area contributed by atoms with E-state index in [9.17, 15) is 13.2 Å². The number of sulfonamides is 1. The van der Waals surface area contributed by atoms with Crippen LogP contribution in [0.5, 0.6) is 0 Å². The molecule has 2 rings (SSSR count). The monoisotopic (exact) mass is 353 g/mol. The van der Waals surface area contributed by atoms with Crippen molar-refractivity contribution in [2.75, 3.05) is 40.3 Å². The lowest BCUT2D eigenvalue weighted by Gasteiger charge is -2.29. The molecule has 1 saturated heterocycles. The third kappa shape index (κ3) is 4.34. The van der Waals surface area contributed by atoms with E-state index in [1.807, 2.05) is 7.05 Å². The van der Waals surface area contributed by atoms with Crippen molar-refractivity contribution in [3.8, 4) is 0 Å². The number of amides is 1. The Morgan fingerprint density at radius 1 is 1.25 bits per heavy atom. The molecule has 1 N–H and O–H groups in total. The van der Waals surface area contributed by atoms with E-state index < -0.39 is 10.0 Å². The zero-order valence-electron chi connectivity index (χ0n) is 14.7. The van der Waals surface area contributed by atoms with Crippen molar-refractivity contribution in [3.63, 3.8) is 0 Å². The Morgan fingerprint density at radius 2 is 1.83 bits per heavy atom. The summed E-state index contributed by atoms with van der Waals surface area (Å²) in [7, 11) is 0.104. The van der Waals surface area contributed by atoms with Crippen molar-refractivity contribution in [2.24, 2.45) is 5.92 Å². The summed E-state index contributed by atoms with van der Waals surface area (Å²) in [6, 6.07) is 6.26. The molecule has 1 aliphatic rings. The van der Waals surface area contributed by atoms with Crippen molar-refractivity contribution in [1.82, 2.24) is 14.5 Å².